The molecule has 0 aliphatic rings. The lowest BCUT2D eigenvalue weighted by molar-refractivity contribution is -0.120. The minimum atomic E-state index is 0.0571. The standard InChI is InChI=1S/C11H14N2O/c1-2-7-13-11(14)4-3-10-5-8-12-9-6-10/h2,5-6,8-9H,1,3-4,7H2,(H,13,14). The van der Waals surface area contributed by atoms with Gasteiger partial charge in [0.05, 0.1) is 0 Å². The molecule has 0 aliphatic heterocycles. The molecule has 0 radical (unpaired) electrons. The number of nitrogens with one attached hydrogen (secondary N) is 1. The smallest absolute Gasteiger partial charge is 0.220 e. The zero-order valence-electron chi connectivity index (χ0n) is 8.07. The predicted molar refractivity (Wildman–Crippen MR) is 55.8 cm³/mol. The number of carbonyl (C=O) groups excluding carboxylic acids is 1. The van der Waals surface area contributed by atoms with Gasteiger partial charge in [0.15, 0.2) is 0 Å². The van der Waals surface area contributed by atoms with Crippen molar-refractivity contribution in [3.63, 3.8) is 0 Å². The van der Waals surface area contributed by atoms with Crippen LogP contribution in [-0.2, 0) is 11.2 Å². The highest BCUT2D eigenvalue weighted by atomic mass is 16.1. The molecule has 0 aromatic carbocycles. The van der Waals surface area contributed by atoms with Gasteiger partial charge in [-0.2, -0.15) is 0 Å². The molecule has 74 valence electrons. The fourth-order valence-corrected chi connectivity index (χ4v) is 1.08. The van der Waals surface area contributed by atoms with Gasteiger partial charge < -0.3 is 5.32 Å². The van der Waals surface area contributed by atoms with Crippen LogP contribution in [0.5, 0.6) is 0 Å². The van der Waals surface area contributed by atoms with E-state index < -0.39 is 0 Å². The molecule has 0 fully saturated rings. The molecule has 1 aromatic heterocycles. The summed E-state index contributed by atoms with van der Waals surface area (Å²) in [6.07, 6.45) is 6.40. The van der Waals surface area contributed by atoms with Crippen LogP contribution in [0.4, 0.5) is 0 Å². The molecular formula is C11H14N2O. The molecule has 3 heteroatoms. The fourth-order valence-electron chi connectivity index (χ4n) is 1.08. The highest BCUT2D eigenvalue weighted by Crippen LogP contribution is 2.00. The number of rotatable bonds is 5. The zero-order valence-corrected chi connectivity index (χ0v) is 8.07. The molecule has 0 spiro atoms. The van der Waals surface area contributed by atoms with E-state index >= 15 is 0 Å². The Kier molecular flexibility index (Phi) is 4.41. The van der Waals surface area contributed by atoms with Gasteiger partial charge in [0.25, 0.3) is 0 Å². The molecule has 1 rings (SSSR count). The van der Waals surface area contributed by atoms with Gasteiger partial charge in [-0.3, -0.25) is 9.78 Å². The van der Waals surface area contributed by atoms with E-state index in [2.05, 4.69) is 16.9 Å². The van der Waals surface area contributed by atoms with Gasteiger partial charge in [-0.15, -0.1) is 6.58 Å². The largest absolute Gasteiger partial charge is 0.353 e. The normalized spacial score (nSPS) is 9.43. The van der Waals surface area contributed by atoms with Crippen LogP contribution in [0, 0.1) is 0 Å². The minimum Gasteiger partial charge on any atom is -0.353 e. The highest BCUT2D eigenvalue weighted by Gasteiger charge is 1.99. The molecule has 1 N–H and O–H groups in total. The molecule has 1 amide bonds. The monoisotopic (exact) mass is 190 g/mol. The molecule has 1 heterocycles. The summed E-state index contributed by atoms with van der Waals surface area (Å²) >= 11 is 0. The maximum absolute atomic E-state index is 11.2. The Hall–Kier alpha value is -1.64. The first-order valence-corrected chi connectivity index (χ1v) is 4.59. The second-order valence-corrected chi connectivity index (χ2v) is 2.95. The number of amides is 1. The first-order valence-electron chi connectivity index (χ1n) is 4.59. The van der Waals surface area contributed by atoms with E-state index in [0.29, 0.717) is 13.0 Å². The maximum Gasteiger partial charge on any atom is 0.220 e. The average molecular weight is 190 g/mol. The van der Waals surface area contributed by atoms with Gasteiger partial charge in [-0.1, -0.05) is 6.08 Å². The van der Waals surface area contributed by atoms with Gasteiger partial charge in [0, 0.05) is 25.4 Å². The van der Waals surface area contributed by atoms with Crippen molar-refractivity contribution in [3.05, 3.63) is 42.7 Å². The Morgan fingerprint density at radius 3 is 2.86 bits per heavy atom. The third kappa shape index (κ3) is 3.85. The average Bonchev–Trinajstić information content (AvgIpc) is 2.25. The summed E-state index contributed by atoms with van der Waals surface area (Å²) < 4.78 is 0. The third-order valence-corrected chi connectivity index (χ3v) is 1.83. The van der Waals surface area contributed by atoms with E-state index in [-0.39, 0.29) is 5.91 Å². The van der Waals surface area contributed by atoms with E-state index in [0.717, 1.165) is 12.0 Å². The van der Waals surface area contributed by atoms with E-state index in [1.165, 1.54) is 0 Å². The van der Waals surface area contributed by atoms with Crippen LogP contribution in [-0.4, -0.2) is 17.4 Å². The molecule has 0 bridgehead atoms. The molecular weight excluding hydrogens is 176 g/mol. The van der Waals surface area contributed by atoms with Gasteiger partial charge in [0.2, 0.25) is 5.91 Å². The van der Waals surface area contributed by atoms with Crippen molar-refractivity contribution in [2.45, 2.75) is 12.8 Å². The van der Waals surface area contributed by atoms with E-state index in [1.807, 2.05) is 12.1 Å². The Balaban J connectivity index is 2.27. The predicted octanol–water partition coefficient (Wildman–Crippen LogP) is 1.32. The summed E-state index contributed by atoms with van der Waals surface area (Å²) in [5.41, 5.74) is 1.13. The molecule has 1 aromatic rings. The number of nitrogens with zero attached hydrogens (tertiary/aromatic N) is 1. The zero-order chi connectivity index (χ0) is 10.2. The molecule has 14 heavy (non-hydrogen) atoms. The van der Waals surface area contributed by atoms with Crippen molar-refractivity contribution in [2.24, 2.45) is 0 Å². The number of pyridine rings is 1. The van der Waals surface area contributed by atoms with Crippen LogP contribution in [0.25, 0.3) is 0 Å². The number of hydrogen-bond donors (Lipinski definition) is 1. The summed E-state index contributed by atoms with van der Waals surface area (Å²) in [6, 6.07) is 3.83. The minimum absolute atomic E-state index is 0.0571. The van der Waals surface area contributed by atoms with Crippen LogP contribution >= 0.6 is 0 Å². The van der Waals surface area contributed by atoms with Crippen LogP contribution in [0.1, 0.15) is 12.0 Å². The van der Waals surface area contributed by atoms with Crippen LogP contribution in [0.15, 0.2) is 37.2 Å². The lowest BCUT2D eigenvalue weighted by Crippen LogP contribution is -2.23. The van der Waals surface area contributed by atoms with Crippen molar-refractivity contribution in [1.29, 1.82) is 0 Å². The van der Waals surface area contributed by atoms with Crippen molar-refractivity contribution in [3.8, 4) is 0 Å². The highest BCUT2D eigenvalue weighted by molar-refractivity contribution is 5.76. The molecule has 0 saturated heterocycles. The van der Waals surface area contributed by atoms with Crippen molar-refractivity contribution >= 4 is 5.91 Å². The molecule has 3 nitrogen and oxygen atoms in total. The van der Waals surface area contributed by atoms with Crippen LogP contribution in [0.2, 0.25) is 0 Å². The quantitative estimate of drug-likeness (QED) is 0.711. The van der Waals surface area contributed by atoms with Gasteiger partial charge >= 0.3 is 0 Å². The maximum atomic E-state index is 11.2. The van der Waals surface area contributed by atoms with Crippen molar-refractivity contribution in [2.75, 3.05) is 6.54 Å². The number of carbonyl (C=O) groups is 1. The molecule has 0 unspecified atom stereocenters. The molecule has 0 aliphatic carbocycles. The lowest BCUT2D eigenvalue weighted by Gasteiger charge is -2.01. The van der Waals surface area contributed by atoms with Gasteiger partial charge in [-0.05, 0) is 24.1 Å². The second kappa shape index (κ2) is 5.91. The number of aromatic nitrogens is 1. The Morgan fingerprint density at radius 1 is 1.50 bits per heavy atom. The summed E-state index contributed by atoms with van der Waals surface area (Å²) in [5, 5.41) is 2.73. The van der Waals surface area contributed by atoms with Crippen LogP contribution in [0.3, 0.4) is 0 Å². The number of hydrogen-bond acceptors (Lipinski definition) is 2. The third-order valence-electron chi connectivity index (χ3n) is 1.83. The van der Waals surface area contributed by atoms with Gasteiger partial charge in [-0.25, -0.2) is 0 Å². The topological polar surface area (TPSA) is 42.0 Å². The van der Waals surface area contributed by atoms with E-state index in [1.54, 1.807) is 18.5 Å². The fraction of sp³-hybridized carbons (Fsp3) is 0.273. The summed E-state index contributed by atoms with van der Waals surface area (Å²) in [4.78, 5) is 15.1. The first-order chi connectivity index (χ1) is 6.83. The van der Waals surface area contributed by atoms with E-state index in [4.69, 9.17) is 0 Å². The Labute approximate surface area is 83.9 Å². The van der Waals surface area contributed by atoms with Crippen LogP contribution < -0.4 is 5.32 Å². The first kappa shape index (κ1) is 10.4. The SMILES string of the molecule is C=CCNC(=O)CCc1ccncc1. The summed E-state index contributed by atoms with van der Waals surface area (Å²) in [7, 11) is 0. The Morgan fingerprint density at radius 2 is 2.21 bits per heavy atom. The van der Waals surface area contributed by atoms with E-state index in [9.17, 15) is 4.79 Å². The molecule has 0 atom stereocenters. The molecule has 0 saturated carbocycles. The van der Waals surface area contributed by atoms with Crippen molar-refractivity contribution in [1.82, 2.24) is 10.3 Å². The second-order valence-electron chi connectivity index (χ2n) is 2.95. The summed E-state index contributed by atoms with van der Waals surface area (Å²) in [5.74, 6) is 0.0571. The Bertz CT molecular complexity index is 295. The summed E-state index contributed by atoms with van der Waals surface area (Å²) in [6.45, 7) is 4.06. The number of aryl methyl sites for hydroxylation is 1. The lowest BCUT2D eigenvalue weighted by atomic mass is 10.1. The van der Waals surface area contributed by atoms with Gasteiger partial charge in [0.1, 0.15) is 0 Å². The van der Waals surface area contributed by atoms with Crippen molar-refractivity contribution < 1.29 is 4.79 Å².